The smallest absolute Gasteiger partial charge is 0.313 e. The standard InChI is InChI=1S/C28H29Cl3N4O5S/c1-18(2)15-35(16-19-6-5-7-21(14-19)25(32)40-17-28(29,30)31)27(37)26(36)34-22-12-10-20(11-13-22)23-8-3-4-9-24(23)41(33,38)39/h3-14,18,32H,15-17H2,1-2H3,(H,34,36)(H2,33,38,39). The average molecular weight is 640 g/mol. The van der Waals surface area contributed by atoms with Crippen molar-refractivity contribution in [3.63, 3.8) is 0 Å². The van der Waals surface area contributed by atoms with E-state index in [4.69, 9.17) is 50.1 Å². The summed E-state index contributed by atoms with van der Waals surface area (Å²) in [5, 5.41) is 16.0. The summed E-state index contributed by atoms with van der Waals surface area (Å²) in [5.41, 5.74) is 2.43. The monoisotopic (exact) mass is 638 g/mol. The Morgan fingerprint density at radius 3 is 2.29 bits per heavy atom. The van der Waals surface area contributed by atoms with Gasteiger partial charge in [-0.1, -0.05) is 91.1 Å². The van der Waals surface area contributed by atoms with Crippen LogP contribution in [0.1, 0.15) is 25.0 Å². The van der Waals surface area contributed by atoms with Crippen molar-refractivity contribution in [2.75, 3.05) is 18.5 Å². The number of nitrogens with two attached hydrogens (primary N) is 1. The number of primary sulfonamides is 1. The van der Waals surface area contributed by atoms with Crippen molar-refractivity contribution in [2.24, 2.45) is 11.1 Å². The fraction of sp³-hybridized carbons (Fsp3) is 0.250. The fourth-order valence-corrected chi connectivity index (χ4v) is 4.87. The highest BCUT2D eigenvalue weighted by Crippen LogP contribution is 2.28. The zero-order valence-corrected chi connectivity index (χ0v) is 25.3. The number of nitrogens with one attached hydrogen (secondary N) is 2. The van der Waals surface area contributed by atoms with E-state index < -0.39 is 25.6 Å². The molecule has 3 aromatic rings. The minimum Gasteiger partial charge on any atom is -0.473 e. The van der Waals surface area contributed by atoms with Crippen molar-refractivity contribution in [1.29, 1.82) is 5.41 Å². The van der Waals surface area contributed by atoms with Gasteiger partial charge in [0, 0.05) is 29.9 Å². The molecule has 0 aliphatic heterocycles. The molecule has 0 bridgehead atoms. The van der Waals surface area contributed by atoms with Crippen molar-refractivity contribution in [3.8, 4) is 11.1 Å². The van der Waals surface area contributed by atoms with Crippen LogP contribution < -0.4 is 10.5 Å². The second-order valence-corrected chi connectivity index (χ2v) is 13.6. The third-order valence-corrected chi connectivity index (χ3v) is 6.95. The van der Waals surface area contributed by atoms with Gasteiger partial charge in [0.1, 0.15) is 6.61 Å². The van der Waals surface area contributed by atoms with Gasteiger partial charge >= 0.3 is 11.8 Å². The van der Waals surface area contributed by atoms with Crippen LogP contribution in [0.5, 0.6) is 0 Å². The van der Waals surface area contributed by atoms with Gasteiger partial charge in [-0.2, -0.15) is 0 Å². The largest absolute Gasteiger partial charge is 0.473 e. The van der Waals surface area contributed by atoms with Crippen LogP contribution in [0, 0.1) is 11.3 Å². The number of carbonyl (C=O) groups excluding carboxylic acids is 2. The van der Waals surface area contributed by atoms with Crippen molar-refractivity contribution in [3.05, 3.63) is 83.9 Å². The van der Waals surface area contributed by atoms with Gasteiger partial charge in [0.15, 0.2) is 0 Å². The molecule has 3 rings (SSSR count). The molecule has 4 N–H and O–H groups in total. The maximum atomic E-state index is 13.2. The average Bonchev–Trinajstić information content (AvgIpc) is 2.90. The molecular formula is C28H29Cl3N4O5S. The molecule has 0 atom stereocenters. The molecule has 0 unspecified atom stereocenters. The zero-order chi connectivity index (χ0) is 30.4. The van der Waals surface area contributed by atoms with E-state index in [0.717, 1.165) is 0 Å². The molecular weight excluding hydrogens is 611 g/mol. The van der Waals surface area contributed by atoms with Gasteiger partial charge in [-0.25, -0.2) is 13.6 Å². The Hall–Kier alpha value is -3.15. The summed E-state index contributed by atoms with van der Waals surface area (Å²) in [7, 11) is -3.94. The first-order valence-corrected chi connectivity index (χ1v) is 15.0. The van der Waals surface area contributed by atoms with Gasteiger partial charge in [0.2, 0.25) is 19.7 Å². The predicted molar refractivity (Wildman–Crippen MR) is 162 cm³/mol. The van der Waals surface area contributed by atoms with Crippen LogP contribution in [0.2, 0.25) is 0 Å². The van der Waals surface area contributed by atoms with Gasteiger partial charge in [-0.05, 0) is 47.4 Å². The number of amides is 2. The fourth-order valence-electron chi connectivity index (χ4n) is 3.94. The Labute approximate surface area is 254 Å². The molecule has 3 aromatic carbocycles. The van der Waals surface area contributed by atoms with Gasteiger partial charge in [-0.15, -0.1) is 0 Å². The Balaban J connectivity index is 1.73. The molecule has 41 heavy (non-hydrogen) atoms. The number of rotatable bonds is 9. The van der Waals surface area contributed by atoms with Gasteiger partial charge < -0.3 is 15.0 Å². The van der Waals surface area contributed by atoms with E-state index in [9.17, 15) is 18.0 Å². The normalized spacial score (nSPS) is 11.7. The number of anilines is 1. The summed E-state index contributed by atoms with van der Waals surface area (Å²) in [5.74, 6) is -1.71. The molecule has 0 heterocycles. The predicted octanol–water partition coefficient (Wildman–Crippen LogP) is 5.34. The summed E-state index contributed by atoms with van der Waals surface area (Å²) >= 11 is 17.1. The van der Waals surface area contributed by atoms with Crippen LogP contribution in [0.4, 0.5) is 5.69 Å². The van der Waals surface area contributed by atoms with Crippen LogP contribution in [0.15, 0.2) is 77.7 Å². The van der Waals surface area contributed by atoms with Crippen LogP contribution in [-0.2, 0) is 30.9 Å². The number of benzene rings is 3. The molecule has 2 amide bonds. The number of sulfonamides is 1. The van der Waals surface area contributed by atoms with Crippen molar-refractivity contribution in [1.82, 2.24) is 4.90 Å². The Morgan fingerprint density at radius 2 is 1.68 bits per heavy atom. The lowest BCUT2D eigenvalue weighted by atomic mass is 10.1. The third kappa shape index (κ3) is 9.72. The molecule has 0 aromatic heterocycles. The van der Waals surface area contributed by atoms with Crippen LogP contribution >= 0.6 is 34.8 Å². The van der Waals surface area contributed by atoms with Crippen molar-refractivity contribution < 1.29 is 22.7 Å². The Bertz CT molecular complexity index is 1520. The number of alkyl halides is 3. The van der Waals surface area contributed by atoms with Crippen molar-refractivity contribution >= 4 is 68.2 Å². The molecule has 0 aliphatic rings. The minimum atomic E-state index is -3.94. The quantitative estimate of drug-likeness (QED) is 0.125. The van der Waals surface area contributed by atoms with Crippen LogP contribution in [0.25, 0.3) is 11.1 Å². The molecule has 0 radical (unpaired) electrons. The molecule has 0 saturated heterocycles. The Kier molecular flexibility index (Phi) is 10.8. The maximum Gasteiger partial charge on any atom is 0.313 e. The molecule has 9 nitrogen and oxygen atoms in total. The van der Waals surface area contributed by atoms with E-state index >= 15 is 0 Å². The summed E-state index contributed by atoms with van der Waals surface area (Å²) in [6, 6.07) is 19.5. The zero-order valence-electron chi connectivity index (χ0n) is 22.2. The summed E-state index contributed by atoms with van der Waals surface area (Å²) < 4.78 is 27.5. The molecule has 218 valence electrons. The lowest BCUT2D eigenvalue weighted by Gasteiger charge is -2.24. The topological polar surface area (TPSA) is 143 Å². The first kappa shape index (κ1) is 32.4. The highest BCUT2D eigenvalue weighted by atomic mass is 35.6. The first-order valence-electron chi connectivity index (χ1n) is 12.3. The molecule has 0 spiro atoms. The second kappa shape index (κ2) is 13.7. The van der Waals surface area contributed by atoms with E-state index in [1.54, 1.807) is 66.7 Å². The minimum absolute atomic E-state index is 0.0210. The van der Waals surface area contributed by atoms with Gasteiger partial charge in [0.05, 0.1) is 4.90 Å². The molecule has 0 fully saturated rings. The highest BCUT2D eigenvalue weighted by Gasteiger charge is 2.24. The molecule has 0 aliphatic carbocycles. The highest BCUT2D eigenvalue weighted by molar-refractivity contribution is 7.89. The van der Waals surface area contributed by atoms with Crippen molar-refractivity contribution in [2.45, 2.75) is 29.1 Å². The first-order chi connectivity index (χ1) is 19.1. The molecule has 13 heteroatoms. The molecule has 0 saturated carbocycles. The number of ether oxygens (including phenoxy) is 1. The number of hydrogen-bond donors (Lipinski definition) is 3. The SMILES string of the molecule is CC(C)CN(Cc1cccc(C(=N)OCC(Cl)(Cl)Cl)c1)C(=O)C(=O)Nc1ccc(-c2ccccc2S(N)(=O)=O)cc1. The lowest BCUT2D eigenvalue weighted by Crippen LogP contribution is -2.41. The lowest BCUT2D eigenvalue weighted by molar-refractivity contribution is -0.143. The Morgan fingerprint density at radius 1 is 1.02 bits per heavy atom. The number of nitrogens with zero attached hydrogens (tertiary/aromatic N) is 1. The van der Waals surface area contributed by atoms with E-state index in [0.29, 0.717) is 34.5 Å². The maximum absolute atomic E-state index is 13.2. The van der Waals surface area contributed by atoms with E-state index in [-0.39, 0.29) is 29.9 Å². The number of carbonyl (C=O) groups is 2. The van der Waals surface area contributed by atoms with Gasteiger partial charge in [-0.3, -0.25) is 15.0 Å². The second-order valence-electron chi connectivity index (χ2n) is 9.59. The van der Waals surface area contributed by atoms with E-state index in [1.165, 1.54) is 11.0 Å². The van der Waals surface area contributed by atoms with E-state index in [1.807, 2.05) is 13.8 Å². The summed E-state index contributed by atoms with van der Waals surface area (Å²) in [6.07, 6.45) is 0. The van der Waals surface area contributed by atoms with Gasteiger partial charge in [0.25, 0.3) is 0 Å². The summed E-state index contributed by atoms with van der Waals surface area (Å²) in [6.45, 7) is 3.96. The number of hydrogen-bond acceptors (Lipinski definition) is 6. The van der Waals surface area contributed by atoms with Crippen LogP contribution in [0.3, 0.4) is 0 Å². The van der Waals surface area contributed by atoms with E-state index in [2.05, 4.69) is 5.32 Å². The summed E-state index contributed by atoms with van der Waals surface area (Å²) in [4.78, 5) is 27.5. The van der Waals surface area contributed by atoms with Crippen LogP contribution in [-0.4, -0.2) is 48.0 Å². The number of halogens is 3. The third-order valence-electron chi connectivity index (χ3n) is 5.66.